The van der Waals surface area contributed by atoms with E-state index in [0.717, 1.165) is 30.0 Å². The second-order valence-corrected chi connectivity index (χ2v) is 4.76. The van der Waals surface area contributed by atoms with Gasteiger partial charge in [0, 0.05) is 5.56 Å². The molecule has 0 aliphatic heterocycles. The van der Waals surface area contributed by atoms with E-state index < -0.39 is 0 Å². The van der Waals surface area contributed by atoms with Crippen molar-refractivity contribution in [2.45, 2.75) is 26.7 Å². The fraction of sp³-hybridized carbons (Fsp3) is 0.357. The number of aryl methyl sites for hydroxylation is 1. The average Bonchev–Trinajstić information content (AvgIpc) is 2.77. The van der Waals surface area contributed by atoms with Gasteiger partial charge in [-0.15, -0.1) is 0 Å². The number of hydrogen-bond donors (Lipinski definition) is 1. The number of aromatic nitrogens is 3. The predicted octanol–water partition coefficient (Wildman–Crippen LogP) is 3.31. The highest BCUT2D eigenvalue weighted by Crippen LogP contribution is 2.16. The number of ether oxygens (including phenoxy) is 1. The Balaban J connectivity index is 2.19. The second kappa shape index (κ2) is 7.00. The van der Waals surface area contributed by atoms with Crippen LogP contribution < -0.4 is 4.74 Å². The molecule has 106 valence electrons. The van der Waals surface area contributed by atoms with E-state index in [9.17, 15) is 0 Å². The van der Waals surface area contributed by atoms with Crippen molar-refractivity contribution in [1.29, 1.82) is 0 Å². The van der Waals surface area contributed by atoms with Crippen molar-refractivity contribution in [3.63, 3.8) is 0 Å². The first-order valence-electron chi connectivity index (χ1n) is 6.62. The molecule has 0 saturated carbocycles. The van der Waals surface area contributed by atoms with E-state index in [1.807, 2.05) is 31.2 Å². The highest BCUT2D eigenvalue weighted by molar-refractivity contribution is 7.71. The van der Waals surface area contributed by atoms with Crippen molar-refractivity contribution in [1.82, 2.24) is 14.9 Å². The SMILES string of the molecule is CCCCOc1ccccc1/C=N\n1c(C)n[nH]c1=S. The van der Waals surface area contributed by atoms with Gasteiger partial charge in [0.2, 0.25) is 4.77 Å². The summed E-state index contributed by atoms with van der Waals surface area (Å²) >= 11 is 5.11. The minimum absolute atomic E-state index is 0.475. The smallest absolute Gasteiger partial charge is 0.216 e. The molecule has 0 amide bonds. The number of rotatable bonds is 6. The first-order valence-corrected chi connectivity index (χ1v) is 7.03. The van der Waals surface area contributed by atoms with E-state index in [0.29, 0.717) is 11.4 Å². The van der Waals surface area contributed by atoms with Crippen LogP contribution in [0.1, 0.15) is 31.2 Å². The molecule has 0 radical (unpaired) electrons. The maximum absolute atomic E-state index is 5.76. The Hall–Kier alpha value is -1.95. The monoisotopic (exact) mass is 290 g/mol. The quantitative estimate of drug-likeness (QED) is 0.504. The zero-order chi connectivity index (χ0) is 14.4. The van der Waals surface area contributed by atoms with Gasteiger partial charge in [-0.1, -0.05) is 25.5 Å². The third-order valence-electron chi connectivity index (χ3n) is 2.80. The van der Waals surface area contributed by atoms with Crippen LogP contribution in [0.25, 0.3) is 0 Å². The number of nitrogens with zero attached hydrogens (tertiary/aromatic N) is 3. The van der Waals surface area contributed by atoms with Gasteiger partial charge in [0.1, 0.15) is 11.6 Å². The highest BCUT2D eigenvalue weighted by atomic mass is 32.1. The summed E-state index contributed by atoms with van der Waals surface area (Å²) in [6.07, 6.45) is 3.89. The number of para-hydroxylation sites is 1. The molecule has 2 rings (SSSR count). The molecule has 2 aromatic rings. The molecule has 20 heavy (non-hydrogen) atoms. The Morgan fingerprint density at radius 2 is 2.25 bits per heavy atom. The molecule has 0 aliphatic rings. The third-order valence-corrected chi connectivity index (χ3v) is 3.06. The summed E-state index contributed by atoms with van der Waals surface area (Å²) in [5.41, 5.74) is 0.922. The van der Waals surface area contributed by atoms with Gasteiger partial charge < -0.3 is 4.74 Å². The van der Waals surface area contributed by atoms with Gasteiger partial charge in [-0.05, 0) is 37.7 Å². The molecule has 0 aliphatic carbocycles. The lowest BCUT2D eigenvalue weighted by molar-refractivity contribution is 0.309. The molecular weight excluding hydrogens is 272 g/mol. The summed E-state index contributed by atoms with van der Waals surface area (Å²) in [7, 11) is 0. The highest BCUT2D eigenvalue weighted by Gasteiger charge is 2.01. The minimum Gasteiger partial charge on any atom is -0.493 e. The van der Waals surface area contributed by atoms with E-state index in [4.69, 9.17) is 17.0 Å². The maximum atomic E-state index is 5.76. The first-order chi connectivity index (χ1) is 9.72. The summed E-state index contributed by atoms with van der Waals surface area (Å²) in [5, 5.41) is 11.1. The van der Waals surface area contributed by atoms with Gasteiger partial charge in [-0.2, -0.15) is 14.9 Å². The first kappa shape index (κ1) is 14.5. The standard InChI is InChI=1S/C14H18N4OS/c1-3-4-9-19-13-8-6-5-7-12(13)10-15-18-11(2)16-17-14(18)20/h5-8,10H,3-4,9H2,1-2H3,(H,17,20)/b15-10-. The molecule has 0 saturated heterocycles. The Morgan fingerprint density at radius 3 is 2.95 bits per heavy atom. The minimum atomic E-state index is 0.475. The van der Waals surface area contributed by atoms with Crippen LogP contribution in [-0.2, 0) is 0 Å². The summed E-state index contributed by atoms with van der Waals surface area (Å²) in [4.78, 5) is 0. The van der Waals surface area contributed by atoms with Gasteiger partial charge in [0.05, 0.1) is 12.8 Å². The number of nitrogens with one attached hydrogen (secondary N) is 1. The Morgan fingerprint density at radius 1 is 1.45 bits per heavy atom. The second-order valence-electron chi connectivity index (χ2n) is 4.37. The molecule has 0 spiro atoms. The molecule has 1 aromatic heterocycles. The molecule has 5 nitrogen and oxygen atoms in total. The van der Waals surface area contributed by atoms with E-state index in [-0.39, 0.29) is 0 Å². The Labute approximate surface area is 123 Å². The molecule has 0 unspecified atom stereocenters. The summed E-state index contributed by atoms with van der Waals surface area (Å²) in [5.74, 6) is 1.55. The van der Waals surface area contributed by atoms with Gasteiger partial charge in [0.15, 0.2) is 0 Å². The number of aromatic amines is 1. The topological polar surface area (TPSA) is 55.2 Å². The van der Waals surface area contributed by atoms with Crippen molar-refractivity contribution in [3.8, 4) is 5.75 Å². The lowest BCUT2D eigenvalue weighted by atomic mass is 10.2. The lowest BCUT2D eigenvalue weighted by Gasteiger charge is -2.07. The number of hydrogen-bond acceptors (Lipinski definition) is 4. The molecule has 1 N–H and O–H groups in total. The van der Waals surface area contributed by atoms with Crippen LogP contribution in [-0.4, -0.2) is 27.7 Å². The Bertz CT molecular complexity index is 645. The third kappa shape index (κ3) is 3.54. The van der Waals surface area contributed by atoms with Crippen LogP contribution in [0.4, 0.5) is 0 Å². The van der Waals surface area contributed by atoms with Crippen LogP contribution in [0.5, 0.6) is 5.75 Å². The number of benzene rings is 1. The van der Waals surface area contributed by atoms with Crippen LogP contribution in [0, 0.1) is 11.7 Å². The maximum Gasteiger partial charge on any atom is 0.216 e. The molecule has 1 heterocycles. The van der Waals surface area contributed by atoms with Crippen LogP contribution in [0.2, 0.25) is 0 Å². The Kier molecular flexibility index (Phi) is 5.06. The summed E-state index contributed by atoms with van der Waals surface area (Å²) in [6.45, 7) is 4.69. The fourth-order valence-corrected chi connectivity index (χ4v) is 1.90. The fourth-order valence-electron chi connectivity index (χ4n) is 1.67. The number of H-pyrrole nitrogens is 1. The van der Waals surface area contributed by atoms with Crippen LogP contribution in [0.3, 0.4) is 0 Å². The van der Waals surface area contributed by atoms with Gasteiger partial charge in [-0.3, -0.25) is 5.10 Å². The van der Waals surface area contributed by atoms with E-state index in [1.165, 1.54) is 0 Å². The van der Waals surface area contributed by atoms with Crippen molar-refractivity contribution in [3.05, 3.63) is 40.4 Å². The van der Waals surface area contributed by atoms with Crippen molar-refractivity contribution in [2.24, 2.45) is 5.10 Å². The molecule has 0 bridgehead atoms. The summed E-state index contributed by atoms with van der Waals surface area (Å²) in [6, 6.07) is 7.81. The number of unbranched alkanes of at least 4 members (excludes halogenated alkanes) is 1. The van der Waals surface area contributed by atoms with E-state index in [2.05, 4.69) is 22.2 Å². The van der Waals surface area contributed by atoms with Gasteiger partial charge >= 0.3 is 0 Å². The van der Waals surface area contributed by atoms with Crippen LogP contribution in [0.15, 0.2) is 29.4 Å². The molecular formula is C14H18N4OS. The van der Waals surface area contributed by atoms with Gasteiger partial charge in [0.25, 0.3) is 0 Å². The lowest BCUT2D eigenvalue weighted by Crippen LogP contribution is -2.00. The predicted molar refractivity (Wildman–Crippen MR) is 82.0 cm³/mol. The van der Waals surface area contributed by atoms with Crippen molar-refractivity contribution < 1.29 is 4.74 Å². The van der Waals surface area contributed by atoms with Gasteiger partial charge in [-0.25, -0.2) is 0 Å². The van der Waals surface area contributed by atoms with Crippen molar-refractivity contribution >= 4 is 18.4 Å². The molecule has 1 aromatic carbocycles. The van der Waals surface area contributed by atoms with E-state index in [1.54, 1.807) is 10.9 Å². The molecule has 6 heteroatoms. The largest absolute Gasteiger partial charge is 0.493 e. The van der Waals surface area contributed by atoms with Crippen molar-refractivity contribution in [2.75, 3.05) is 6.61 Å². The molecule has 0 fully saturated rings. The average molecular weight is 290 g/mol. The van der Waals surface area contributed by atoms with E-state index >= 15 is 0 Å². The summed E-state index contributed by atoms with van der Waals surface area (Å²) < 4.78 is 7.81. The normalized spacial score (nSPS) is 11.1. The zero-order valence-electron chi connectivity index (χ0n) is 11.7. The van der Waals surface area contributed by atoms with Crippen LogP contribution >= 0.6 is 12.2 Å². The zero-order valence-corrected chi connectivity index (χ0v) is 12.5. The molecule has 0 atom stereocenters.